The number of ether oxygens (including phenoxy) is 2. The molecule has 4 saturated carbocycles. The van der Waals surface area contributed by atoms with Crippen LogP contribution in [-0.2, 0) is 19.1 Å². The van der Waals surface area contributed by atoms with Crippen LogP contribution in [0.1, 0.15) is 98.3 Å². The van der Waals surface area contributed by atoms with Crippen LogP contribution in [0.3, 0.4) is 0 Å². The highest BCUT2D eigenvalue weighted by atomic mass is 16.5. The van der Waals surface area contributed by atoms with E-state index in [1.165, 1.54) is 64.5 Å². The number of esters is 2. The van der Waals surface area contributed by atoms with Crippen LogP contribution < -0.4 is 0 Å². The molecule has 4 aliphatic carbocycles. The molecule has 0 spiro atoms. The molecular formula is C29H48NO4+. The van der Waals surface area contributed by atoms with Gasteiger partial charge >= 0.3 is 11.9 Å². The lowest BCUT2D eigenvalue weighted by atomic mass is 9.44. The molecule has 1 heterocycles. The second kappa shape index (κ2) is 8.78. The van der Waals surface area contributed by atoms with Crippen molar-refractivity contribution in [2.45, 2.75) is 117 Å². The van der Waals surface area contributed by atoms with Gasteiger partial charge in [0, 0.05) is 25.7 Å². The van der Waals surface area contributed by atoms with Gasteiger partial charge < -0.3 is 14.0 Å². The SMILES string of the molecule is CC(=O)O[C@H]1C[C@@]2(C)[C@@H](CC[C@@H]3[C@@H]2CC[C@]2(C)[C@@H](OC(C)=O)CC[C@@H]32)C[C@@H]1[N+]1(C)CCCCC1. The van der Waals surface area contributed by atoms with Gasteiger partial charge in [0.15, 0.2) is 6.10 Å². The second-order valence-electron chi connectivity index (χ2n) is 13.5. The molecule has 5 heteroatoms. The van der Waals surface area contributed by atoms with Crippen LogP contribution in [-0.4, -0.2) is 54.8 Å². The van der Waals surface area contributed by atoms with Gasteiger partial charge in [0.2, 0.25) is 0 Å². The third-order valence-electron chi connectivity index (χ3n) is 11.8. The number of hydrogen-bond donors (Lipinski definition) is 0. The number of quaternary nitrogens is 1. The zero-order chi connectivity index (χ0) is 24.3. The quantitative estimate of drug-likeness (QED) is 0.400. The summed E-state index contributed by atoms with van der Waals surface area (Å²) >= 11 is 0. The minimum atomic E-state index is -0.124. The summed E-state index contributed by atoms with van der Waals surface area (Å²) in [5.41, 5.74) is 0.379. The molecule has 0 aromatic heterocycles. The van der Waals surface area contributed by atoms with Crippen molar-refractivity contribution in [2.75, 3.05) is 20.1 Å². The molecule has 34 heavy (non-hydrogen) atoms. The van der Waals surface area contributed by atoms with Crippen LogP contribution >= 0.6 is 0 Å². The number of hydrogen-bond acceptors (Lipinski definition) is 4. The summed E-state index contributed by atoms with van der Waals surface area (Å²) in [7, 11) is 2.44. The number of carbonyl (C=O) groups is 2. The van der Waals surface area contributed by atoms with E-state index in [0.29, 0.717) is 17.9 Å². The predicted octanol–water partition coefficient (Wildman–Crippen LogP) is 5.50. The van der Waals surface area contributed by atoms with Crippen LogP contribution in [0.15, 0.2) is 0 Å². The van der Waals surface area contributed by atoms with Crippen molar-refractivity contribution < 1.29 is 23.5 Å². The number of rotatable bonds is 3. The van der Waals surface area contributed by atoms with Gasteiger partial charge in [-0.15, -0.1) is 0 Å². The lowest BCUT2D eigenvalue weighted by Gasteiger charge is -2.63. The molecule has 0 aromatic rings. The molecular weight excluding hydrogens is 426 g/mol. The molecule has 0 aromatic carbocycles. The van der Waals surface area contributed by atoms with Gasteiger partial charge in [0.1, 0.15) is 12.1 Å². The average molecular weight is 475 g/mol. The highest BCUT2D eigenvalue weighted by Gasteiger charge is 2.63. The van der Waals surface area contributed by atoms with Gasteiger partial charge in [0.25, 0.3) is 0 Å². The Labute approximate surface area is 206 Å². The first kappa shape index (κ1) is 24.6. The summed E-state index contributed by atoms with van der Waals surface area (Å²) in [6.07, 6.45) is 13.6. The largest absolute Gasteiger partial charge is 0.462 e. The molecule has 5 nitrogen and oxygen atoms in total. The Hall–Kier alpha value is -1.10. The van der Waals surface area contributed by atoms with Gasteiger partial charge in [-0.05, 0) is 93.3 Å². The van der Waals surface area contributed by atoms with Gasteiger partial charge in [-0.3, -0.25) is 9.59 Å². The fraction of sp³-hybridized carbons (Fsp3) is 0.931. The Morgan fingerprint density at radius 2 is 1.50 bits per heavy atom. The molecule has 5 fully saturated rings. The fourth-order valence-electron chi connectivity index (χ4n) is 10.2. The first-order valence-corrected chi connectivity index (χ1v) is 14.3. The van der Waals surface area contributed by atoms with Crippen molar-refractivity contribution in [3.8, 4) is 0 Å². The topological polar surface area (TPSA) is 52.6 Å². The van der Waals surface area contributed by atoms with Crippen molar-refractivity contribution in [1.29, 1.82) is 0 Å². The van der Waals surface area contributed by atoms with E-state index in [1.54, 1.807) is 13.8 Å². The number of likely N-dealkylation sites (N-methyl/N-ethyl adjacent to an activating group) is 1. The maximum atomic E-state index is 12.2. The Kier molecular flexibility index (Phi) is 6.35. The number of fused-ring (bicyclic) bond motifs is 5. The third kappa shape index (κ3) is 3.92. The molecule has 0 unspecified atom stereocenters. The summed E-state index contributed by atoms with van der Waals surface area (Å²) in [4.78, 5) is 24.0. The highest BCUT2D eigenvalue weighted by molar-refractivity contribution is 5.66. The standard InChI is InChI=1S/C29H48NO4/c1-19(31)33-26-18-29(4)21(17-25(26)30(5)15-7-6-8-16-30)9-10-22-23-11-12-27(34-20(2)32)28(23,3)14-13-24(22)29/h21-27H,6-18H2,1-5H3/q+1/t21-,22-,23-,24-,25-,26-,27-,28-,29-/m0/s1. The second-order valence-corrected chi connectivity index (χ2v) is 13.5. The minimum Gasteiger partial charge on any atom is -0.462 e. The number of carbonyl (C=O) groups excluding carboxylic acids is 2. The summed E-state index contributed by atoms with van der Waals surface area (Å²) in [6, 6.07) is 0.451. The van der Waals surface area contributed by atoms with Gasteiger partial charge in [-0.25, -0.2) is 0 Å². The molecule has 1 saturated heterocycles. The lowest BCUT2D eigenvalue weighted by molar-refractivity contribution is -0.942. The molecule has 1 aliphatic heterocycles. The predicted molar refractivity (Wildman–Crippen MR) is 132 cm³/mol. The Morgan fingerprint density at radius 3 is 2.18 bits per heavy atom. The maximum absolute atomic E-state index is 12.2. The van der Waals surface area contributed by atoms with E-state index in [9.17, 15) is 9.59 Å². The monoisotopic (exact) mass is 474 g/mol. The Morgan fingerprint density at radius 1 is 0.824 bits per heavy atom. The normalized spacial score (nSPS) is 47.6. The summed E-state index contributed by atoms with van der Waals surface area (Å²) in [5.74, 6) is 2.58. The van der Waals surface area contributed by atoms with Crippen molar-refractivity contribution in [1.82, 2.24) is 0 Å². The first-order valence-electron chi connectivity index (χ1n) is 14.3. The number of piperidine rings is 1. The van der Waals surface area contributed by atoms with E-state index in [4.69, 9.17) is 9.47 Å². The van der Waals surface area contributed by atoms with Crippen molar-refractivity contribution in [2.24, 2.45) is 34.5 Å². The summed E-state index contributed by atoms with van der Waals surface area (Å²) in [6.45, 7) is 10.6. The summed E-state index contributed by atoms with van der Waals surface area (Å²) in [5, 5.41) is 0. The fourth-order valence-corrected chi connectivity index (χ4v) is 10.2. The molecule has 5 aliphatic rings. The van der Waals surface area contributed by atoms with E-state index in [0.717, 1.165) is 35.6 Å². The molecule has 9 atom stereocenters. The zero-order valence-electron chi connectivity index (χ0n) is 22.3. The van der Waals surface area contributed by atoms with E-state index < -0.39 is 0 Å². The molecule has 192 valence electrons. The van der Waals surface area contributed by atoms with E-state index in [2.05, 4.69) is 20.9 Å². The smallest absolute Gasteiger partial charge is 0.303 e. The van der Waals surface area contributed by atoms with Gasteiger partial charge in [-0.2, -0.15) is 0 Å². The Balaban J connectivity index is 1.40. The maximum Gasteiger partial charge on any atom is 0.303 e. The molecule has 0 amide bonds. The van der Waals surface area contributed by atoms with Crippen LogP contribution in [0.2, 0.25) is 0 Å². The van der Waals surface area contributed by atoms with Crippen molar-refractivity contribution >= 4 is 11.9 Å². The molecule has 5 rings (SSSR count). The molecule has 0 bridgehead atoms. The molecule has 0 radical (unpaired) electrons. The Bertz CT molecular complexity index is 806. The van der Waals surface area contributed by atoms with Crippen LogP contribution in [0.4, 0.5) is 0 Å². The molecule has 0 N–H and O–H groups in total. The van der Waals surface area contributed by atoms with E-state index in [-0.39, 0.29) is 35.0 Å². The van der Waals surface area contributed by atoms with Crippen LogP contribution in [0, 0.1) is 34.5 Å². The van der Waals surface area contributed by atoms with Crippen LogP contribution in [0.5, 0.6) is 0 Å². The van der Waals surface area contributed by atoms with E-state index in [1.807, 2.05) is 0 Å². The van der Waals surface area contributed by atoms with E-state index >= 15 is 0 Å². The van der Waals surface area contributed by atoms with Crippen LogP contribution in [0.25, 0.3) is 0 Å². The van der Waals surface area contributed by atoms with Crippen molar-refractivity contribution in [3.05, 3.63) is 0 Å². The average Bonchev–Trinajstić information content (AvgIpc) is 3.08. The van der Waals surface area contributed by atoms with Gasteiger partial charge in [-0.1, -0.05) is 13.8 Å². The minimum absolute atomic E-state index is 0.0475. The first-order chi connectivity index (χ1) is 16.1. The zero-order valence-corrected chi connectivity index (χ0v) is 22.3. The summed E-state index contributed by atoms with van der Waals surface area (Å²) < 4.78 is 13.1. The third-order valence-corrected chi connectivity index (χ3v) is 11.8. The number of nitrogens with zero attached hydrogens (tertiary/aromatic N) is 1. The van der Waals surface area contributed by atoms with Gasteiger partial charge in [0.05, 0.1) is 20.1 Å². The van der Waals surface area contributed by atoms with Crippen molar-refractivity contribution in [3.63, 3.8) is 0 Å². The number of likely N-dealkylation sites (tertiary alicyclic amines) is 1. The lowest BCUT2D eigenvalue weighted by Crippen LogP contribution is -2.66. The highest BCUT2D eigenvalue weighted by Crippen LogP contribution is 2.67.